The molecule has 1 amide bonds. The highest BCUT2D eigenvalue weighted by molar-refractivity contribution is 5.94. The molecule has 0 atom stereocenters. The number of para-hydroxylation sites is 1. The molecule has 2 aromatic rings. The van der Waals surface area contributed by atoms with Crippen LogP contribution in [0.25, 0.3) is 0 Å². The van der Waals surface area contributed by atoms with E-state index in [0.717, 1.165) is 37.6 Å². The topological polar surface area (TPSA) is 51.2 Å². The van der Waals surface area contributed by atoms with Crippen molar-refractivity contribution in [1.29, 1.82) is 0 Å². The van der Waals surface area contributed by atoms with Crippen LogP contribution >= 0.6 is 0 Å². The Balaban J connectivity index is 1.76. The molecule has 0 saturated carbocycles. The monoisotopic (exact) mass is 384 g/mol. The molecule has 150 valence electrons. The lowest BCUT2D eigenvalue weighted by Gasteiger charge is -2.31. The summed E-state index contributed by atoms with van der Waals surface area (Å²) in [6.45, 7) is 6.18. The van der Waals surface area contributed by atoms with Crippen LogP contribution in [0.3, 0.4) is 0 Å². The van der Waals surface area contributed by atoms with E-state index in [2.05, 4.69) is 17.0 Å². The van der Waals surface area contributed by atoms with Crippen LogP contribution in [0.1, 0.15) is 22.8 Å². The maximum absolute atomic E-state index is 13.0. The highest BCUT2D eigenvalue weighted by Crippen LogP contribution is 2.29. The van der Waals surface area contributed by atoms with Gasteiger partial charge in [0.2, 0.25) is 0 Å². The molecule has 0 unspecified atom stereocenters. The standard InChI is InChI=1S/C22H28N2O4/c1-4-28-20-10-9-17(15-21(20)26-3)22(25)23(2)16-18-7-5-6-8-19(18)24-11-13-27-14-12-24/h5-10,15H,4,11-14,16H2,1-3H3. The molecule has 0 spiro atoms. The molecule has 1 fully saturated rings. The van der Waals surface area contributed by atoms with Gasteiger partial charge in [-0.2, -0.15) is 0 Å². The van der Waals surface area contributed by atoms with Crippen molar-refractivity contribution in [3.8, 4) is 11.5 Å². The Labute approximate surface area is 166 Å². The van der Waals surface area contributed by atoms with E-state index in [-0.39, 0.29) is 5.91 Å². The Morgan fingerprint density at radius 3 is 2.61 bits per heavy atom. The summed E-state index contributed by atoms with van der Waals surface area (Å²) in [6.07, 6.45) is 0. The van der Waals surface area contributed by atoms with Crippen molar-refractivity contribution in [2.75, 3.05) is 52.0 Å². The van der Waals surface area contributed by atoms with E-state index < -0.39 is 0 Å². The largest absolute Gasteiger partial charge is 0.493 e. The first-order valence-corrected chi connectivity index (χ1v) is 9.61. The van der Waals surface area contributed by atoms with Crippen molar-refractivity contribution in [3.63, 3.8) is 0 Å². The van der Waals surface area contributed by atoms with E-state index in [1.165, 1.54) is 0 Å². The predicted molar refractivity (Wildman–Crippen MR) is 109 cm³/mol. The van der Waals surface area contributed by atoms with Gasteiger partial charge in [0.15, 0.2) is 11.5 Å². The molecule has 0 radical (unpaired) electrons. The van der Waals surface area contributed by atoms with Crippen molar-refractivity contribution in [3.05, 3.63) is 53.6 Å². The van der Waals surface area contributed by atoms with Crippen LogP contribution < -0.4 is 14.4 Å². The first kappa shape index (κ1) is 20.0. The summed E-state index contributed by atoms with van der Waals surface area (Å²) in [7, 11) is 3.40. The maximum Gasteiger partial charge on any atom is 0.254 e. The molecule has 0 bridgehead atoms. The summed E-state index contributed by atoms with van der Waals surface area (Å²) in [5.74, 6) is 1.15. The fourth-order valence-electron chi connectivity index (χ4n) is 3.38. The highest BCUT2D eigenvalue weighted by Gasteiger charge is 2.19. The van der Waals surface area contributed by atoms with Gasteiger partial charge in [0.05, 0.1) is 26.9 Å². The molecular formula is C22H28N2O4. The Hall–Kier alpha value is -2.73. The molecule has 0 aliphatic carbocycles. The van der Waals surface area contributed by atoms with Gasteiger partial charge in [-0.3, -0.25) is 4.79 Å². The number of rotatable bonds is 7. The number of methoxy groups -OCH3 is 1. The van der Waals surface area contributed by atoms with Crippen molar-refractivity contribution in [2.24, 2.45) is 0 Å². The number of hydrogen-bond acceptors (Lipinski definition) is 5. The van der Waals surface area contributed by atoms with E-state index >= 15 is 0 Å². The second-order valence-electron chi connectivity index (χ2n) is 6.69. The van der Waals surface area contributed by atoms with Crippen LogP contribution in [0.15, 0.2) is 42.5 Å². The van der Waals surface area contributed by atoms with Crippen LogP contribution in [0, 0.1) is 0 Å². The maximum atomic E-state index is 13.0. The van der Waals surface area contributed by atoms with Gasteiger partial charge in [-0.05, 0) is 36.8 Å². The number of carbonyl (C=O) groups is 1. The first-order valence-electron chi connectivity index (χ1n) is 9.61. The van der Waals surface area contributed by atoms with E-state index in [9.17, 15) is 4.79 Å². The van der Waals surface area contributed by atoms with Crippen LogP contribution in [0.5, 0.6) is 11.5 Å². The number of amides is 1. The minimum Gasteiger partial charge on any atom is -0.493 e. The summed E-state index contributed by atoms with van der Waals surface area (Å²) in [5.41, 5.74) is 2.86. The Kier molecular flexibility index (Phi) is 6.76. The number of benzene rings is 2. The van der Waals surface area contributed by atoms with Gasteiger partial charge in [0.1, 0.15) is 0 Å². The summed E-state index contributed by atoms with van der Waals surface area (Å²) in [6, 6.07) is 13.5. The fourth-order valence-corrected chi connectivity index (χ4v) is 3.38. The lowest BCUT2D eigenvalue weighted by atomic mass is 10.1. The third kappa shape index (κ3) is 4.57. The zero-order valence-corrected chi connectivity index (χ0v) is 16.8. The van der Waals surface area contributed by atoms with Crippen LogP contribution in [0.2, 0.25) is 0 Å². The number of carbonyl (C=O) groups excluding carboxylic acids is 1. The van der Waals surface area contributed by atoms with Crippen molar-refractivity contribution in [2.45, 2.75) is 13.5 Å². The molecule has 1 saturated heterocycles. The molecule has 0 N–H and O–H groups in total. The molecular weight excluding hydrogens is 356 g/mol. The average molecular weight is 384 g/mol. The molecule has 6 heteroatoms. The number of nitrogens with zero attached hydrogens (tertiary/aromatic N) is 2. The van der Waals surface area contributed by atoms with Gasteiger partial charge in [-0.15, -0.1) is 0 Å². The quantitative estimate of drug-likeness (QED) is 0.734. The SMILES string of the molecule is CCOc1ccc(C(=O)N(C)Cc2ccccc2N2CCOCC2)cc1OC. The molecule has 1 aliphatic heterocycles. The minimum absolute atomic E-state index is 0.0573. The zero-order chi connectivity index (χ0) is 19.9. The van der Waals surface area contributed by atoms with Crippen LogP contribution in [-0.4, -0.2) is 57.9 Å². The molecule has 2 aromatic carbocycles. The number of hydrogen-bond donors (Lipinski definition) is 0. The van der Waals surface area contributed by atoms with Gasteiger partial charge >= 0.3 is 0 Å². The summed E-state index contributed by atoms with van der Waals surface area (Å²) in [5, 5.41) is 0. The fraction of sp³-hybridized carbons (Fsp3) is 0.409. The van der Waals surface area contributed by atoms with Crippen molar-refractivity contribution >= 4 is 11.6 Å². The average Bonchev–Trinajstić information content (AvgIpc) is 2.74. The zero-order valence-electron chi connectivity index (χ0n) is 16.8. The Morgan fingerprint density at radius 1 is 1.14 bits per heavy atom. The van der Waals surface area contributed by atoms with Gasteiger partial charge in [0, 0.05) is 37.9 Å². The second kappa shape index (κ2) is 9.46. The predicted octanol–water partition coefficient (Wildman–Crippen LogP) is 3.20. The van der Waals surface area contributed by atoms with Crippen molar-refractivity contribution < 1.29 is 19.0 Å². The highest BCUT2D eigenvalue weighted by atomic mass is 16.5. The van der Waals surface area contributed by atoms with Crippen LogP contribution in [0.4, 0.5) is 5.69 Å². The van der Waals surface area contributed by atoms with E-state index in [0.29, 0.717) is 30.2 Å². The second-order valence-corrected chi connectivity index (χ2v) is 6.69. The first-order chi connectivity index (χ1) is 13.6. The Bertz CT molecular complexity index is 803. The number of anilines is 1. The third-order valence-electron chi connectivity index (χ3n) is 4.81. The number of ether oxygens (including phenoxy) is 3. The van der Waals surface area contributed by atoms with Crippen molar-refractivity contribution in [1.82, 2.24) is 4.90 Å². The van der Waals surface area contributed by atoms with Gasteiger partial charge in [-0.1, -0.05) is 18.2 Å². The smallest absolute Gasteiger partial charge is 0.254 e. The van der Waals surface area contributed by atoms with Gasteiger partial charge < -0.3 is 24.0 Å². The molecule has 3 rings (SSSR count). The summed E-state index contributed by atoms with van der Waals surface area (Å²) < 4.78 is 16.4. The molecule has 0 aromatic heterocycles. The van der Waals surface area contributed by atoms with Crippen LogP contribution in [-0.2, 0) is 11.3 Å². The lowest BCUT2D eigenvalue weighted by Crippen LogP contribution is -2.37. The van der Waals surface area contributed by atoms with E-state index in [4.69, 9.17) is 14.2 Å². The van der Waals surface area contributed by atoms with E-state index in [1.54, 1.807) is 30.2 Å². The van der Waals surface area contributed by atoms with E-state index in [1.807, 2.05) is 26.1 Å². The van der Waals surface area contributed by atoms with Gasteiger partial charge in [0.25, 0.3) is 5.91 Å². The summed E-state index contributed by atoms with van der Waals surface area (Å²) >= 11 is 0. The summed E-state index contributed by atoms with van der Waals surface area (Å²) in [4.78, 5) is 17.0. The number of morpholine rings is 1. The minimum atomic E-state index is -0.0573. The van der Waals surface area contributed by atoms with Gasteiger partial charge in [-0.25, -0.2) is 0 Å². The third-order valence-corrected chi connectivity index (χ3v) is 4.81. The molecule has 28 heavy (non-hydrogen) atoms. The molecule has 6 nitrogen and oxygen atoms in total. The Morgan fingerprint density at radius 2 is 1.89 bits per heavy atom. The normalized spacial score (nSPS) is 13.9. The molecule has 1 aliphatic rings. The lowest BCUT2D eigenvalue weighted by molar-refractivity contribution is 0.0784. The molecule has 1 heterocycles.